The van der Waals surface area contributed by atoms with Crippen molar-refractivity contribution < 1.29 is 4.79 Å². The molecule has 5 nitrogen and oxygen atoms in total. The summed E-state index contributed by atoms with van der Waals surface area (Å²) < 4.78 is 0. The lowest BCUT2D eigenvalue weighted by Gasteiger charge is -2.16. The van der Waals surface area contributed by atoms with Crippen LogP contribution in [0.15, 0.2) is 30.5 Å². The van der Waals surface area contributed by atoms with Gasteiger partial charge in [-0.1, -0.05) is 18.2 Å². The molecule has 0 aliphatic rings. The molecule has 1 aromatic carbocycles. The van der Waals surface area contributed by atoms with Crippen molar-refractivity contribution >= 4 is 35.2 Å². The molecule has 0 fully saturated rings. The molecule has 98 valence electrons. The van der Waals surface area contributed by atoms with Crippen molar-refractivity contribution in [1.82, 2.24) is 9.97 Å². The van der Waals surface area contributed by atoms with Crippen molar-refractivity contribution in [2.24, 2.45) is 0 Å². The molecule has 0 spiro atoms. The maximum atomic E-state index is 10.9. The molecule has 0 aliphatic heterocycles. The van der Waals surface area contributed by atoms with Crippen molar-refractivity contribution in [3.05, 3.63) is 41.3 Å². The standard InChI is InChI=1S/C13H13ClN4O/c1-9-5-3-4-6-10(9)16-12-11(18(2)8-19)7-15-13(14)17-12/h3-8H,1-2H3,(H,15,16,17). The first kappa shape index (κ1) is 13.3. The second-order valence-corrected chi connectivity index (χ2v) is 4.37. The molecule has 6 heteroatoms. The van der Waals surface area contributed by atoms with E-state index in [1.54, 1.807) is 7.05 Å². The van der Waals surface area contributed by atoms with E-state index >= 15 is 0 Å². The van der Waals surface area contributed by atoms with Crippen LogP contribution in [0.3, 0.4) is 0 Å². The summed E-state index contributed by atoms with van der Waals surface area (Å²) in [5, 5.41) is 3.28. The molecule has 0 unspecified atom stereocenters. The van der Waals surface area contributed by atoms with Gasteiger partial charge in [-0.05, 0) is 30.2 Å². The van der Waals surface area contributed by atoms with Gasteiger partial charge in [-0.15, -0.1) is 0 Å². The van der Waals surface area contributed by atoms with Crippen LogP contribution in [-0.4, -0.2) is 23.4 Å². The number of rotatable bonds is 4. The van der Waals surface area contributed by atoms with Crippen LogP contribution in [0.4, 0.5) is 17.2 Å². The second-order valence-electron chi connectivity index (χ2n) is 4.03. The summed E-state index contributed by atoms with van der Waals surface area (Å²) in [4.78, 5) is 20.3. The van der Waals surface area contributed by atoms with Gasteiger partial charge in [0.25, 0.3) is 0 Å². The normalized spacial score (nSPS) is 10.1. The quantitative estimate of drug-likeness (QED) is 0.689. The van der Waals surface area contributed by atoms with Crippen LogP contribution in [0.1, 0.15) is 5.56 Å². The maximum absolute atomic E-state index is 10.9. The van der Waals surface area contributed by atoms with Gasteiger partial charge in [0.05, 0.1) is 6.20 Å². The number of hydrogen-bond acceptors (Lipinski definition) is 4. The minimum Gasteiger partial charge on any atom is -0.338 e. The smallest absolute Gasteiger partial charge is 0.224 e. The van der Waals surface area contributed by atoms with Gasteiger partial charge in [-0.2, -0.15) is 4.98 Å². The third kappa shape index (κ3) is 3.00. The Hall–Kier alpha value is -2.14. The van der Waals surface area contributed by atoms with Gasteiger partial charge in [0.1, 0.15) is 5.69 Å². The Kier molecular flexibility index (Phi) is 3.97. The molecule has 1 amide bonds. The van der Waals surface area contributed by atoms with E-state index in [-0.39, 0.29) is 5.28 Å². The molecule has 19 heavy (non-hydrogen) atoms. The number of hydrogen-bond donors (Lipinski definition) is 1. The lowest BCUT2D eigenvalue weighted by molar-refractivity contribution is -0.107. The van der Waals surface area contributed by atoms with Crippen LogP contribution in [0.25, 0.3) is 0 Å². The van der Waals surface area contributed by atoms with Crippen LogP contribution in [0.2, 0.25) is 5.28 Å². The van der Waals surface area contributed by atoms with Crippen molar-refractivity contribution in [2.75, 3.05) is 17.3 Å². The van der Waals surface area contributed by atoms with E-state index in [9.17, 15) is 4.79 Å². The number of amides is 1. The largest absolute Gasteiger partial charge is 0.338 e. The number of aryl methyl sites for hydroxylation is 1. The zero-order chi connectivity index (χ0) is 13.8. The van der Waals surface area contributed by atoms with Crippen LogP contribution in [-0.2, 0) is 4.79 Å². The van der Waals surface area contributed by atoms with E-state index in [0.29, 0.717) is 17.9 Å². The lowest BCUT2D eigenvalue weighted by atomic mass is 10.2. The first-order valence-corrected chi connectivity index (χ1v) is 6.03. The highest BCUT2D eigenvalue weighted by atomic mass is 35.5. The van der Waals surface area contributed by atoms with E-state index < -0.39 is 0 Å². The topological polar surface area (TPSA) is 58.1 Å². The van der Waals surface area contributed by atoms with Gasteiger partial charge >= 0.3 is 0 Å². The molecule has 0 radical (unpaired) electrons. The molecule has 1 aromatic heterocycles. The van der Waals surface area contributed by atoms with Crippen molar-refractivity contribution in [1.29, 1.82) is 0 Å². The van der Waals surface area contributed by atoms with Crippen LogP contribution >= 0.6 is 11.6 Å². The fourth-order valence-corrected chi connectivity index (χ4v) is 1.73. The summed E-state index contributed by atoms with van der Waals surface area (Å²) in [6.07, 6.45) is 2.19. The van der Waals surface area contributed by atoms with E-state index in [4.69, 9.17) is 11.6 Å². The minimum absolute atomic E-state index is 0.124. The predicted molar refractivity (Wildman–Crippen MR) is 76.0 cm³/mol. The van der Waals surface area contributed by atoms with Gasteiger partial charge in [0.15, 0.2) is 5.82 Å². The predicted octanol–water partition coefficient (Wildman–Crippen LogP) is 2.77. The van der Waals surface area contributed by atoms with Gasteiger partial charge in [-0.3, -0.25) is 4.79 Å². The second kappa shape index (κ2) is 5.67. The lowest BCUT2D eigenvalue weighted by Crippen LogP contribution is -2.16. The van der Waals surface area contributed by atoms with Gasteiger partial charge in [0, 0.05) is 12.7 Å². The molecular formula is C13H13ClN4O. The van der Waals surface area contributed by atoms with Crippen molar-refractivity contribution in [3.63, 3.8) is 0 Å². The maximum Gasteiger partial charge on any atom is 0.224 e. The van der Waals surface area contributed by atoms with E-state index in [2.05, 4.69) is 15.3 Å². The van der Waals surface area contributed by atoms with Crippen LogP contribution in [0, 0.1) is 6.92 Å². The number of nitrogens with zero attached hydrogens (tertiary/aromatic N) is 3. The zero-order valence-corrected chi connectivity index (χ0v) is 11.3. The molecule has 1 N–H and O–H groups in total. The third-order valence-corrected chi connectivity index (χ3v) is 2.86. The van der Waals surface area contributed by atoms with E-state index in [1.807, 2.05) is 31.2 Å². The Labute approximate surface area is 116 Å². The molecule has 0 aliphatic carbocycles. The fourth-order valence-electron chi connectivity index (χ4n) is 1.60. The Morgan fingerprint density at radius 3 is 2.79 bits per heavy atom. The molecule has 0 saturated carbocycles. The highest BCUT2D eigenvalue weighted by Crippen LogP contribution is 2.27. The zero-order valence-electron chi connectivity index (χ0n) is 10.6. The monoisotopic (exact) mass is 276 g/mol. The Bertz CT molecular complexity index is 603. The average Bonchev–Trinajstić information content (AvgIpc) is 2.41. The summed E-state index contributed by atoms with van der Waals surface area (Å²) >= 11 is 5.80. The van der Waals surface area contributed by atoms with Crippen LogP contribution in [0.5, 0.6) is 0 Å². The summed E-state index contributed by atoms with van der Waals surface area (Å²) in [6, 6.07) is 7.78. The molecule has 0 saturated heterocycles. The van der Waals surface area contributed by atoms with Crippen LogP contribution < -0.4 is 10.2 Å². The number of anilines is 3. The highest BCUT2D eigenvalue weighted by molar-refractivity contribution is 6.28. The summed E-state index contributed by atoms with van der Waals surface area (Å²) in [5.74, 6) is 0.490. The SMILES string of the molecule is Cc1ccccc1Nc1nc(Cl)ncc1N(C)C=O. The fraction of sp³-hybridized carbons (Fsp3) is 0.154. The van der Waals surface area contributed by atoms with Gasteiger partial charge in [0.2, 0.25) is 11.7 Å². The van der Waals surface area contributed by atoms with Crippen molar-refractivity contribution in [3.8, 4) is 0 Å². The molecule has 1 heterocycles. The molecule has 0 bridgehead atoms. The molecule has 2 rings (SSSR count). The first-order chi connectivity index (χ1) is 9.11. The molecular weight excluding hydrogens is 264 g/mol. The Morgan fingerprint density at radius 1 is 1.37 bits per heavy atom. The van der Waals surface area contributed by atoms with Crippen molar-refractivity contribution in [2.45, 2.75) is 6.92 Å². The molecule has 0 atom stereocenters. The van der Waals surface area contributed by atoms with E-state index in [1.165, 1.54) is 11.1 Å². The number of halogens is 1. The number of para-hydroxylation sites is 1. The first-order valence-electron chi connectivity index (χ1n) is 5.65. The van der Waals surface area contributed by atoms with Gasteiger partial charge < -0.3 is 10.2 Å². The number of benzene rings is 1. The summed E-state index contributed by atoms with van der Waals surface area (Å²) in [6.45, 7) is 1.98. The summed E-state index contributed by atoms with van der Waals surface area (Å²) in [5.41, 5.74) is 2.53. The van der Waals surface area contributed by atoms with Gasteiger partial charge in [-0.25, -0.2) is 4.98 Å². The average molecular weight is 277 g/mol. The summed E-state index contributed by atoms with van der Waals surface area (Å²) in [7, 11) is 1.63. The third-order valence-electron chi connectivity index (χ3n) is 2.68. The highest BCUT2D eigenvalue weighted by Gasteiger charge is 2.11. The minimum atomic E-state index is 0.124. The Morgan fingerprint density at radius 2 is 2.11 bits per heavy atom. The number of aromatic nitrogens is 2. The number of carbonyl (C=O) groups excluding carboxylic acids is 1. The Balaban J connectivity index is 2.41. The number of carbonyl (C=O) groups is 1. The number of nitrogens with one attached hydrogen (secondary N) is 1. The van der Waals surface area contributed by atoms with E-state index in [0.717, 1.165) is 11.3 Å². The molecule has 2 aromatic rings.